The number of carboxylic acid groups (broad SMARTS) is 1. The number of nitrogens with zero attached hydrogens (tertiary/aromatic N) is 3. The Hall–Kier alpha value is -3.08. The van der Waals surface area contributed by atoms with Gasteiger partial charge in [-0.25, -0.2) is 9.78 Å². The number of fused-ring (bicyclic) bond motifs is 3. The number of hydrogen-bond donors (Lipinski definition) is 1. The van der Waals surface area contributed by atoms with Crippen LogP contribution in [0.1, 0.15) is 10.4 Å². The molecular weight excluding hydrogens is 278 g/mol. The zero-order valence-electron chi connectivity index (χ0n) is 11.9. The second kappa shape index (κ2) is 4.46. The van der Waals surface area contributed by atoms with Crippen LogP contribution in [0.3, 0.4) is 0 Å². The van der Waals surface area contributed by atoms with E-state index in [2.05, 4.69) is 11.1 Å². The van der Waals surface area contributed by atoms with Gasteiger partial charge in [0.25, 0.3) is 0 Å². The molecular formula is C17H13N3O2. The predicted molar refractivity (Wildman–Crippen MR) is 84.5 cm³/mol. The molecule has 4 aromatic rings. The van der Waals surface area contributed by atoms with Gasteiger partial charge in [-0.2, -0.15) is 0 Å². The number of hydrogen-bond acceptors (Lipinski definition) is 2. The van der Waals surface area contributed by atoms with Crippen molar-refractivity contribution >= 4 is 27.8 Å². The maximum Gasteiger partial charge on any atom is 0.335 e. The van der Waals surface area contributed by atoms with Gasteiger partial charge < -0.3 is 14.2 Å². The van der Waals surface area contributed by atoms with Gasteiger partial charge in [-0.3, -0.25) is 0 Å². The van der Waals surface area contributed by atoms with E-state index < -0.39 is 5.97 Å². The normalized spacial score (nSPS) is 11.3. The Bertz CT molecular complexity index is 1010. The minimum absolute atomic E-state index is 0.299. The van der Waals surface area contributed by atoms with Gasteiger partial charge in [-0.15, -0.1) is 0 Å². The van der Waals surface area contributed by atoms with Crippen molar-refractivity contribution in [2.24, 2.45) is 7.05 Å². The van der Waals surface area contributed by atoms with Crippen LogP contribution in [-0.4, -0.2) is 25.2 Å². The monoisotopic (exact) mass is 291 g/mol. The van der Waals surface area contributed by atoms with Crippen molar-refractivity contribution in [1.29, 1.82) is 0 Å². The molecule has 108 valence electrons. The highest BCUT2D eigenvalue weighted by atomic mass is 16.4. The minimum Gasteiger partial charge on any atom is -0.478 e. The van der Waals surface area contributed by atoms with E-state index in [9.17, 15) is 4.79 Å². The molecule has 0 fully saturated rings. The van der Waals surface area contributed by atoms with Crippen molar-refractivity contribution in [3.8, 4) is 5.69 Å². The first kappa shape index (κ1) is 12.6. The van der Waals surface area contributed by atoms with E-state index >= 15 is 0 Å². The van der Waals surface area contributed by atoms with Crippen LogP contribution >= 0.6 is 0 Å². The van der Waals surface area contributed by atoms with Crippen molar-refractivity contribution < 1.29 is 9.90 Å². The van der Waals surface area contributed by atoms with E-state index in [0.717, 1.165) is 27.5 Å². The first-order valence-electron chi connectivity index (χ1n) is 6.89. The van der Waals surface area contributed by atoms with Gasteiger partial charge in [0.1, 0.15) is 0 Å². The summed E-state index contributed by atoms with van der Waals surface area (Å²) in [5.41, 5.74) is 3.31. The molecule has 0 amide bonds. The van der Waals surface area contributed by atoms with Gasteiger partial charge in [-0.1, -0.05) is 6.07 Å². The number of carboxylic acids is 1. The van der Waals surface area contributed by atoms with Gasteiger partial charge in [-0.05, 0) is 30.3 Å². The number of imidazole rings is 1. The highest BCUT2D eigenvalue weighted by Gasteiger charge is 2.12. The fourth-order valence-corrected chi connectivity index (χ4v) is 2.90. The number of carbonyl (C=O) groups is 1. The molecule has 5 heteroatoms. The number of rotatable bonds is 2. The third-order valence-corrected chi connectivity index (χ3v) is 4.04. The van der Waals surface area contributed by atoms with Crippen LogP contribution in [0.4, 0.5) is 0 Å². The number of aromatic carboxylic acids is 1. The molecule has 2 aromatic carbocycles. The fourth-order valence-electron chi connectivity index (χ4n) is 2.90. The van der Waals surface area contributed by atoms with Crippen LogP contribution < -0.4 is 0 Å². The average molecular weight is 291 g/mol. The summed E-state index contributed by atoms with van der Waals surface area (Å²) in [6.07, 6.45) is 5.40. The Kier molecular flexibility index (Phi) is 2.56. The first-order chi connectivity index (χ1) is 10.6. The van der Waals surface area contributed by atoms with Crippen molar-refractivity contribution in [3.63, 3.8) is 0 Å². The van der Waals surface area contributed by atoms with Gasteiger partial charge in [0.2, 0.25) is 0 Å². The fraction of sp³-hybridized carbons (Fsp3) is 0.0588. The number of benzene rings is 2. The van der Waals surface area contributed by atoms with Gasteiger partial charge >= 0.3 is 5.97 Å². The highest BCUT2D eigenvalue weighted by molar-refractivity contribution is 6.10. The molecule has 0 spiro atoms. The molecule has 0 bridgehead atoms. The molecule has 0 aliphatic rings. The third-order valence-electron chi connectivity index (χ3n) is 4.04. The van der Waals surface area contributed by atoms with E-state index in [1.807, 2.05) is 40.6 Å². The van der Waals surface area contributed by atoms with Crippen LogP contribution in [0.15, 0.2) is 55.1 Å². The topological polar surface area (TPSA) is 60.0 Å². The summed E-state index contributed by atoms with van der Waals surface area (Å²) in [5, 5.41) is 11.3. The van der Waals surface area contributed by atoms with Crippen LogP contribution in [0.5, 0.6) is 0 Å². The molecule has 0 radical (unpaired) electrons. The molecule has 0 aliphatic heterocycles. The van der Waals surface area contributed by atoms with E-state index in [1.165, 1.54) is 0 Å². The highest BCUT2D eigenvalue weighted by Crippen LogP contribution is 2.30. The Balaban J connectivity index is 2.04. The lowest BCUT2D eigenvalue weighted by atomic mass is 10.1. The summed E-state index contributed by atoms with van der Waals surface area (Å²) in [4.78, 5) is 15.2. The maximum absolute atomic E-state index is 11.2. The van der Waals surface area contributed by atoms with E-state index in [-0.39, 0.29) is 0 Å². The zero-order valence-corrected chi connectivity index (χ0v) is 11.9. The summed E-state index contributed by atoms with van der Waals surface area (Å²) in [6.45, 7) is 0. The van der Waals surface area contributed by atoms with Gasteiger partial charge in [0, 0.05) is 46.9 Å². The van der Waals surface area contributed by atoms with Crippen molar-refractivity contribution in [1.82, 2.24) is 14.1 Å². The quantitative estimate of drug-likeness (QED) is 0.617. The molecule has 0 unspecified atom stereocenters. The lowest BCUT2D eigenvalue weighted by Crippen LogP contribution is -1.96. The molecule has 4 rings (SSSR count). The lowest BCUT2D eigenvalue weighted by molar-refractivity contribution is 0.0697. The Morgan fingerprint density at radius 3 is 2.68 bits per heavy atom. The largest absolute Gasteiger partial charge is 0.478 e. The Morgan fingerprint density at radius 1 is 1.09 bits per heavy atom. The Labute approximate surface area is 126 Å². The van der Waals surface area contributed by atoms with E-state index in [0.29, 0.717) is 5.56 Å². The van der Waals surface area contributed by atoms with Crippen molar-refractivity contribution in [3.05, 3.63) is 60.7 Å². The summed E-state index contributed by atoms with van der Waals surface area (Å²) in [7, 11) is 1.95. The summed E-state index contributed by atoms with van der Waals surface area (Å²) < 4.78 is 3.97. The van der Waals surface area contributed by atoms with Crippen LogP contribution in [0.25, 0.3) is 27.5 Å². The number of aromatic nitrogens is 3. The summed E-state index contributed by atoms with van der Waals surface area (Å²) >= 11 is 0. The van der Waals surface area contributed by atoms with E-state index in [1.54, 1.807) is 24.7 Å². The molecule has 0 saturated heterocycles. The maximum atomic E-state index is 11.2. The van der Waals surface area contributed by atoms with Crippen molar-refractivity contribution in [2.45, 2.75) is 0 Å². The van der Waals surface area contributed by atoms with E-state index in [4.69, 9.17) is 5.11 Å². The third kappa shape index (κ3) is 1.72. The standard InChI is InChI=1S/C17H13N3O2/c1-19-15-5-3-12(20-7-6-18-10-20)9-14(15)13-4-2-11(17(21)22)8-16(13)19/h2-10H,1H3,(H,21,22). The minimum atomic E-state index is -0.911. The van der Waals surface area contributed by atoms with Crippen molar-refractivity contribution in [2.75, 3.05) is 0 Å². The Morgan fingerprint density at radius 2 is 1.95 bits per heavy atom. The smallest absolute Gasteiger partial charge is 0.335 e. The summed E-state index contributed by atoms with van der Waals surface area (Å²) in [5.74, 6) is -0.911. The van der Waals surface area contributed by atoms with Gasteiger partial charge in [0.05, 0.1) is 11.9 Å². The first-order valence-corrected chi connectivity index (χ1v) is 6.89. The van der Waals surface area contributed by atoms with Gasteiger partial charge in [0.15, 0.2) is 0 Å². The molecule has 2 heterocycles. The van der Waals surface area contributed by atoms with Crippen LogP contribution in [-0.2, 0) is 7.05 Å². The molecule has 1 N–H and O–H groups in total. The molecule has 5 nitrogen and oxygen atoms in total. The molecule has 0 saturated carbocycles. The zero-order chi connectivity index (χ0) is 15.3. The molecule has 2 aromatic heterocycles. The second-order valence-corrected chi connectivity index (χ2v) is 5.27. The molecule has 0 atom stereocenters. The van der Waals surface area contributed by atoms with Crippen LogP contribution in [0.2, 0.25) is 0 Å². The number of aryl methyl sites for hydroxylation is 1. The SMILES string of the molecule is Cn1c2ccc(-n3ccnc3)cc2c2ccc(C(=O)O)cc21. The second-order valence-electron chi connectivity index (χ2n) is 5.27. The lowest BCUT2D eigenvalue weighted by Gasteiger charge is -2.03. The average Bonchev–Trinajstić information content (AvgIpc) is 3.15. The molecule has 0 aliphatic carbocycles. The predicted octanol–water partition coefficient (Wildman–Crippen LogP) is 3.22. The molecule has 22 heavy (non-hydrogen) atoms. The summed E-state index contributed by atoms with van der Waals surface area (Å²) in [6, 6.07) is 11.4. The van der Waals surface area contributed by atoms with Crippen LogP contribution in [0, 0.1) is 0 Å².